The van der Waals surface area contributed by atoms with Gasteiger partial charge in [-0.3, -0.25) is 0 Å². The number of thiazole rings is 1. The van der Waals surface area contributed by atoms with Crippen molar-refractivity contribution in [3.63, 3.8) is 0 Å². The number of nitrogens with zero attached hydrogens (tertiary/aromatic N) is 1. The van der Waals surface area contributed by atoms with Crippen molar-refractivity contribution in [3.8, 4) is 0 Å². The van der Waals surface area contributed by atoms with Gasteiger partial charge in [-0.05, 0) is 18.8 Å². The van der Waals surface area contributed by atoms with Gasteiger partial charge in [0.2, 0.25) is 0 Å². The minimum atomic E-state index is -3.49. The fourth-order valence-corrected chi connectivity index (χ4v) is 4.10. The second kappa shape index (κ2) is 5.22. The van der Waals surface area contributed by atoms with Crippen molar-refractivity contribution in [1.29, 1.82) is 0 Å². The lowest BCUT2D eigenvalue weighted by molar-refractivity contribution is 0.350. The lowest BCUT2D eigenvalue weighted by Gasteiger charge is -2.22. The third-order valence-corrected chi connectivity index (χ3v) is 5.94. The maximum atomic E-state index is 12.0. The summed E-state index contributed by atoms with van der Waals surface area (Å²) in [6, 6.07) is 0. The van der Waals surface area contributed by atoms with Crippen LogP contribution in [0.1, 0.15) is 32.9 Å². The first-order valence-electron chi connectivity index (χ1n) is 5.30. The van der Waals surface area contributed by atoms with Gasteiger partial charge in [0.1, 0.15) is 0 Å². The van der Waals surface area contributed by atoms with E-state index in [1.807, 2.05) is 20.8 Å². The van der Waals surface area contributed by atoms with Crippen molar-refractivity contribution in [3.05, 3.63) is 10.2 Å². The fraction of sp³-hybridized carbons (Fsp3) is 0.700. The monoisotopic (exact) mass is 296 g/mol. The molecule has 1 aromatic heterocycles. The van der Waals surface area contributed by atoms with Crippen LogP contribution < -0.4 is 4.72 Å². The molecule has 1 rings (SSSR count). The van der Waals surface area contributed by atoms with Gasteiger partial charge in [-0.15, -0.1) is 0 Å². The summed E-state index contributed by atoms with van der Waals surface area (Å²) < 4.78 is 27.1. The molecule has 7 heteroatoms. The molecule has 0 aliphatic rings. The molecule has 1 N–H and O–H groups in total. The van der Waals surface area contributed by atoms with Gasteiger partial charge in [0.15, 0.2) is 8.68 Å². The van der Waals surface area contributed by atoms with Crippen molar-refractivity contribution < 1.29 is 8.42 Å². The van der Waals surface area contributed by atoms with E-state index >= 15 is 0 Å². The molecule has 1 aromatic rings. The Kier molecular flexibility index (Phi) is 4.57. The average molecular weight is 297 g/mol. The Morgan fingerprint density at radius 2 is 2.06 bits per heavy atom. The first-order valence-corrected chi connectivity index (χ1v) is 7.98. The summed E-state index contributed by atoms with van der Waals surface area (Å²) in [6.07, 6.45) is 0.901. The number of hydrogen-bond acceptors (Lipinski definition) is 4. The van der Waals surface area contributed by atoms with Crippen molar-refractivity contribution in [2.45, 2.75) is 38.3 Å². The Morgan fingerprint density at radius 1 is 1.47 bits per heavy atom. The third kappa shape index (κ3) is 3.91. The van der Waals surface area contributed by atoms with E-state index in [1.165, 1.54) is 0 Å². The Balaban J connectivity index is 2.87. The zero-order valence-corrected chi connectivity index (χ0v) is 12.8. The van der Waals surface area contributed by atoms with Crippen LogP contribution in [0.15, 0.2) is 4.21 Å². The van der Waals surface area contributed by atoms with Crippen LogP contribution in [0.4, 0.5) is 0 Å². The van der Waals surface area contributed by atoms with Gasteiger partial charge in [0.05, 0.1) is 5.69 Å². The predicted molar refractivity (Wildman–Crippen MR) is 71.1 cm³/mol. The maximum Gasteiger partial charge on any atom is 0.252 e. The first kappa shape index (κ1) is 14.9. The Morgan fingerprint density at radius 3 is 2.47 bits per heavy atom. The van der Waals surface area contributed by atoms with Crippen molar-refractivity contribution in [2.75, 3.05) is 6.54 Å². The molecule has 0 bridgehead atoms. The highest BCUT2D eigenvalue weighted by Gasteiger charge is 2.24. The van der Waals surface area contributed by atoms with Gasteiger partial charge in [-0.2, -0.15) is 0 Å². The highest BCUT2D eigenvalue weighted by Crippen LogP contribution is 2.27. The summed E-state index contributed by atoms with van der Waals surface area (Å²) in [5.41, 5.74) is 0.386. The maximum absolute atomic E-state index is 12.0. The summed E-state index contributed by atoms with van der Waals surface area (Å²) in [4.78, 5) is 3.91. The van der Waals surface area contributed by atoms with Gasteiger partial charge < -0.3 is 0 Å². The zero-order valence-electron chi connectivity index (χ0n) is 10.4. The van der Waals surface area contributed by atoms with E-state index in [9.17, 15) is 8.42 Å². The van der Waals surface area contributed by atoms with E-state index in [0.29, 0.717) is 12.2 Å². The van der Waals surface area contributed by atoms with E-state index in [2.05, 4.69) is 9.71 Å². The smallest absolute Gasteiger partial charge is 0.229 e. The quantitative estimate of drug-likeness (QED) is 0.909. The van der Waals surface area contributed by atoms with Gasteiger partial charge in [-0.1, -0.05) is 43.7 Å². The summed E-state index contributed by atoms with van der Waals surface area (Å²) in [5, 5.41) is 0. The Bertz CT molecular complexity index is 494. The standard InChI is InChI=1S/C10H17ClN2O2S2/c1-5-10(3,4)6-12-17(14,15)8-7(2)13-9(11)16-8/h12H,5-6H2,1-4H3. The molecule has 0 saturated heterocycles. The van der Waals surface area contributed by atoms with E-state index in [-0.39, 0.29) is 14.1 Å². The number of nitrogens with one attached hydrogen (secondary N) is 1. The first-order chi connectivity index (χ1) is 7.68. The third-order valence-electron chi connectivity index (χ3n) is 2.67. The van der Waals surface area contributed by atoms with Crippen LogP contribution in [-0.4, -0.2) is 19.9 Å². The van der Waals surface area contributed by atoms with Crippen molar-refractivity contribution >= 4 is 33.0 Å². The van der Waals surface area contributed by atoms with Crippen LogP contribution in [0.3, 0.4) is 0 Å². The molecule has 17 heavy (non-hydrogen) atoms. The molecule has 0 atom stereocenters. The summed E-state index contributed by atoms with van der Waals surface area (Å²) in [6.45, 7) is 8.11. The highest BCUT2D eigenvalue weighted by atomic mass is 35.5. The molecule has 0 fully saturated rings. The zero-order chi connectivity index (χ0) is 13.3. The molecule has 0 aromatic carbocycles. The second-order valence-corrected chi connectivity index (χ2v) is 8.23. The van der Waals surface area contributed by atoms with Crippen LogP contribution in [0.2, 0.25) is 4.47 Å². The molecule has 4 nitrogen and oxygen atoms in total. The number of aromatic nitrogens is 1. The molecule has 0 unspecified atom stereocenters. The molecular weight excluding hydrogens is 280 g/mol. The van der Waals surface area contributed by atoms with E-state index in [4.69, 9.17) is 11.6 Å². The van der Waals surface area contributed by atoms with Crippen LogP contribution in [-0.2, 0) is 10.0 Å². The SMILES string of the molecule is CCC(C)(C)CNS(=O)(=O)c1sc(Cl)nc1C. The van der Waals surface area contributed by atoms with Gasteiger partial charge in [0.25, 0.3) is 10.0 Å². The summed E-state index contributed by atoms with van der Waals surface area (Å²) in [7, 11) is -3.49. The van der Waals surface area contributed by atoms with Crippen LogP contribution in [0, 0.1) is 12.3 Å². The topological polar surface area (TPSA) is 59.1 Å². The molecule has 0 aliphatic carbocycles. The number of halogens is 1. The molecule has 0 amide bonds. The average Bonchev–Trinajstić information content (AvgIpc) is 2.56. The van der Waals surface area contributed by atoms with Gasteiger partial charge in [0, 0.05) is 6.54 Å². The molecule has 0 radical (unpaired) electrons. The van der Waals surface area contributed by atoms with Gasteiger partial charge >= 0.3 is 0 Å². The van der Waals surface area contributed by atoms with Crippen LogP contribution in [0.5, 0.6) is 0 Å². The minimum Gasteiger partial charge on any atom is -0.229 e. The van der Waals surface area contributed by atoms with E-state index < -0.39 is 10.0 Å². The summed E-state index contributed by atoms with van der Waals surface area (Å²) >= 11 is 6.69. The summed E-state index contributed by atoms with van der Waals surface area (Å²) in [5.74, 6) is 0. The highest BCUT2D eigenvalue weighted by molar-refractivity contribution is 7.91. The van der Waals surface area contributed by atoms with E-state index in [1.54, 1.807) is 6.92 Å². The number of hydrogen-bond donors (Lipinski definition) is 1. The fourth-order valence-electron chi connectivity index (χ4n) is 1.08. The number of aryl methyl sites for hydroxylation is 1. The van der Waals surface area contributed by atoms with Crippen LogP contribution in [0.25, 0.3) is 0 Å². The minimum absolute atomic E-state index is 0.0601. The second-order valence-electron chi connectivity index (χ2n) is 4.68. The van der Waals surface area contributed by atoms with Crippen LogP contribution >= 0.6 is 22.9 Å². The van der Waals surface area contributed by atoms with Gasteiger partial charge in [-0.25, -0.2) is 18.1 Å². The van der Waals surface area contributed by atoms with Crippen molar-refractivity contribution in [2.24, 2.45) is 5.41 Å². The normalized spacial score (nSPS) is 13.0. The van der Waals surface area contributed by atoms with E-state index in [0.717, 1.165) is 17.8 Å². The Hall–Kier alpha value is -0.170. The lowest BCUT2D eigenvalue weighted by Crippen LogP contribution is -2.33. The molecule has 1 heterocycles. The Labute approximate surface area is 111 Å². The predicted octanol–water partition coefficient (Wildman–Crippen LogP) is 2.82. The molecular formula is C10H17ClN2O2S2. The molecule has 0 spiro atoms. The number of rotatable bonds is 5. The molecule has 98 valence electrons. The van der Waals surface area contributed by atoms with Crippen molar-refractivity contribution in [1.82, 2.24) is 9.71 Å². The number of sulfonamides is 1. The molecule has 0 aliphatic heterocycles. The lowest BCUT2D eigenvalue weighted by atomic mass is 9.91. The largest absolute Gasteiger partial charge is 0.252 e. The molecule has 0 saturated carbocycles.